The number of rotatable bonds is 5. The fourth-order valence-corrected chi connectivity index (χ4v) is 6.85. The number of amides is 1. The number of carbonyl (C=O) groups excluding carboxylic acids is 1. The Morgan fingerprint density at radius 1 is 1.29 bits per heavy atom. The third-order valence-electron chi connectivity index (χ3n) is 4.95. The maximum Gasteiger partial charge on any atom is 0.347 e. The average Bonchev–Trinajstić information content (AvgIpc) is 3.17. The summed E-state index contributed by atoms with van der Waals surface area (Å²) in [6.45, 7) is 4.21. The van der Waals surface area contributed by atoms with Gasteiger partial charge in [0.05, 0.1) is 24.5 Å². The van der Waals surface area contributed by atoms with Crippen LogP contribution in [-0.4, -0.2) is 19.1 Å². The van der Waals surface area contributed by atoms with Gasteiger partial charge in [0.15, 0.2) is 5.66 Å². The van der Waals surface area contributed by atoms with E-state index in [2.05, 4.69) is 12.6 Å². The van der Waals surface area contributed by atoms with Gasteiger partial charge < -0.3 is 9.05 Å². The zero-order chi connectivity index (χ0) is 22.0. The Kier molecular flexibility index (Phi) is 6.29. The number of halogens is 1. The summed E-state index contributed by atoms with van der Waals surface area (Å²) in [5.41, 5.74) is -0.0866. The van der Waals surface area contributed by atoms with Gasteiger partial charge in [-0.15, -0.1) is 11.3 Å². The number of para-hydroxylation sites is 1. The zero-order valence-corrected chi connectivity index (χ0v) is 18.8. The van der Waals surface area contributed by atoms with E-state index in [-0.39, 0.29) is 18.8 Å². The molecule has 1 atom stereocenters. The van der Waals surface area contributed by atoms with Crippen molar-refractivity contribution in [2.24, 2.45) is 0 Å². The molecule has 6 nitrogen and oxygen atoms in total. The maximum atomic E-state index is 13.9. The molecule has 0 spiro atoms. The van der Waals surface area contributed by atoms with Crippen LogP contribution in [0.5, 0.6) is 0 Å². The largest absolute Gasteiger partial charge is 0.347 e. The first kappa shape index (κ1) is 21.8. The average molecular weight is 473 g/mol. The van der Waals surface area contributed by atoms with E-state index in [0.717, 1.165) is 4.70 Å². The van der Waals surface area contributed by atoms with E-state index in [0.29, 0.717) is 28.1 Å². The summed E-state index contributed by atoms with van der Waals surface area (Å²) in [6, 6.07) is 14.1. The van der Waals surface area contributed by atoms with Crippen molar-refractivity contribution in [3.05, 3.63) is 76.8 Å². The molecule has 0 N–H and O–H groups in total. The monoisotopic (exact) mass is 472 g/mol. The van der Waals surface area contributed by atoms with Crippen molar-refractivity contribution in [2.45, 2.75) is 12.1 Å². The quantitative estimate of drug-likeness (QED) is 0.408. The Labute approximate surface area is 188 Å². The number of hydrogen-bond donors (Lipinski definition) is 0. The van der Waals surface area contributed by atoms with Crippen LogP contribution in [0.15, 0.2) is 60.6 Å². The van der Waals surface area contributed by atoms with E-state index in [4.69, 9.17) is 20.6 Å². The Hall–Kier alpha value is -2.46. The SMILES string of the molecule is C=CN(C(=O)C(c1csc2ccc(Cl)cc12)P1(=O)OCCCO1)c1ccccc1C#N. The van der Waals surface area contributed by atoms with Gasteiger partial charge in [-0.2, -0.15) is 5.26 Å². The van der Waals surface area contributed by atoms with Crippen LogP contribution in [0, 0.1) is 11.3 Å². The molecule has 158 valence electrons. The molecule has 31 heavy (non-hydrogen) atoms. The Morgan fingerprint density at radius 3 is 2.74 bits per heavy atom. The second-order valence-corrected chi connectivity index (χ2v) is 10.3. The second kappa shape index (κ2) is 8.96. The van der Waals surface area contributed by atoms with E-state index < -0.39 is 19.2 Å². The number of benzene rings is 2. The molecule has 1 aliphatic rings. The lowest BCUT2D eigenvalue weighted by Crippen LogP contribution is -2.32. The second-order valence-electron chi connectivity index (χ2n) is 6.81. The summed E-state index contributed by atoms with van der Waals surface area (Å²) in [6.07, 6.45) is 1.90. The van der Waals surface area contributed by atoms with Crippen LogP contribution < -0.4 is 4.90 Å². The molecule has 0 saturated carbocycles. The van der Waals surface area contributed by atoms with Crippen molar-refractivity contribution in [3.8, 4) is 6.07 Å². The highest BCUT2D eigenvalue weighted by Gasteiger charge is 2.47. The molecule has 4 rings (SSSR count). The number of carbonyl (C=O) groups is 1. The van der Waals surface area contributed by atoms with E-state index in [1.807, 2.05) is 6.07 Å². The van der Waals surface area contributed by atoms with Crippen LogP contribution in [0.4, 0.5) is 5.69 Å². The van der Waals surface area contributed by atoms with Gasteiger partial charge >= 0.3 is 7.60 Å². The topological polar surface area (TPSA) is 79.6 Å². The number of hydrogen-bond acceptors (Lipinski definition) is 6. The molecule has 1 aromatic heterocycles. The highest BCUT2D eigenvalue weighted by atomic mass is 35.5. The van der Waals surface area contributed by atoms with Crippen LogP contribution in [0.3, 0.4) is 0 Å². The van der Waals surface area contributed by atoms with Gasteiger partial charge in [-0.1, -0.05) is 30.3 Å². The Bertz CT molecular complexity index is 1240. The lowest BCUT2D eigenvalue weighted by molar-refractivity contribution is -0.118. The third kappa shape index (κ3) is 4.06. The van der Waals surface area contributed by atoms with Gasteiger partial charge in [0, 0.05) is 15.9 Å². The smallest absolute Gasteiger partial charge is 0.308 e. The normalized spacial score (nSPS) is 16.4. The highest BCUT2D eigenvalue weighted by Crippen LogP contribution is 2.64. The maximum absolute atomic E-state index is 13.9. The lowest BCUT2D eigenvalue weighted by atomic mass is 10.1. The van der Waals surface area contributed by atoms with Gasteiger partial charge in [0.25, 0.3) is 5.91 Å². The van der Waals surface area contributed by atoms with Crippen molar-refractivity contribution in [3.63, 3.8) is 0 Å². The fraction of sp³-hybridized carbons (Fsp3) is 0.182. The molecule has 1 amide bonds. The summed E-state index contributed by atoms with van der Waals surface area (Å²) >= 11 is 7.62. The van der Waals surface area contributed by atoms with Crippen molar-refractivity contribution in [1.29, 1.82) is 5.26 Å². The van der Waals surface area contributed by atoms with Gasteiger partial charge in [0.1, 0.15) is 6.07 Å². The Balaban J connectivity index is 1.89. The predicted octanol–water partition coefficient (Wildman–Crippen LogP) is 6.27. The van der Waals surface area contributed by atoms with Crippen LogP contribution in [0.1, 0.15) is 23.2 Å². The first-order chi connectivity index (χ1) is 15.0. The fourth-order valence-electron chi connectivity index (χ4n) is 3.52. The van der Waals surface area contributed by atoms with Crippen LogP contribution in [-0.2, 0) is 18.4 Å². The van der Waals surface area contributed by atoms with Crippen molar-refractivity contribution in [1.82, 2.24) is 0 Å². The summed E-state index contributed by atoms with van der Waals surface area (Å²) < 4.78 is 25.9. The van der Waals surface area contributed by atoms with Gasteiger partial charge in [0.2, 0.25) is 0 Å². The molecule has 0 aliphatic carbocycles. The number of thiophene rings is 1. The molecule has 3 aromatic rings. The third-order valence-corrected chi connectivity index (χ3v) is 8.38. The molecule has 2 heterocycles. The molecule has 1 aliphatic heterocycles. The van der Waals surface area contributed by atoms with Gasteiger partial charge in [-0.25, -0.2) is 0 Å². The number of nitriles is 1. The molecule has 2 aromatic carbocycles. The molecule has 1 saturated heterocycles. The zero-order valence-electron chi connectivity index (χ0n) is 16.4. The number of fused-ring (bicyclic) bond motifs is 1. The summed E-state index contributed by atoms with van der Waals surface area (Å²) in [5, 5.41) is 12.5. The highest BCUT2D eigenvalue weighted by molar-refractivity contribution is 7.55. The van der Waals surface area contributed by atoms with E-state index in [1.54, 1.807) is 41.8 Å². The molecule has 0 radical (unpaired) electrons. The van der Waals surface area contributed by atoms with E-state index in [1.165, 1.54) is 22.4 Å². The molecular weight excluding hydrogens is 455 g/mol. The summed E-state index contributed by atoms with van der Waals surface area (Å²) in [4.78, 5) is 15.1. The standard InChI is InChI=1S/C22H18ClN2O4PS/c1-2-25(19-7-4-3-6-15(19)13-24)22(26)21(30(27)28-10-5-11-29-30)18-14-31-20-9-8-16(23)12-17(18)20/h2-4,6-9,12,14,21H,1,5,10-11H2. The minimum absolute atomic E-state index is 0.229. The van der Waals surface area contributed by atoms with Crippen LogP contribution >= 0.6 is 30.5 Å². The van der Waals surface area contributed by atoms with Crippen molar-refractivity contribution >= 4 is 52.2 Å². The Morgan fingerprint density at radius 2 is 2.03 bits per heavy atom. The summed E-state index contributed by atoms with van der Waals surface area (Å²) in [5.74, 6) is -0.553. The van der Waals surface area contributed by atoms with Gasteiger partial charge in [-0.05, 0) is 53.1 Å². The van der Waals surface area contributed by atoms with Crippen LogP contribution in [0.25, 0.3) is 10.1 Å². The van der Waals surface area contributed by atoms with Crippen LogP contribution in [0.2, 0.25) is 5.02 Å². The predicted molar refractivity (Wildman–Crippen MR) is 123 cm³/mol. The number of nitrogens with zero attached hydrogens (tertiary/aromatic N) is 2. The minimum Gasteiger partial charge on any atom is -0.308 e. The first-order valence-corrected chi connectivity index (χ1v) is 12.4. The first-order valence-electron chi connectivity index (χ1n) is 9.48. The summed E-state index contributed by atoms with van der Waals surface area (Å²) in [7, 11) is -3.86. The molecule has 1 unspecified atom stereocenters. The molecule has 1 fully saturated rings. The van der Waals surface area contributed by atoms with Crippen molar-refractivity contribution < 1.29 is 18.4 Å². The molecule has 0 bridgehead atoms. The number of anilines is 1. The molecular formula is C22H18ClN2O4PS. The van der Waals surface area contributed by atoms with E-state index >= 15 is 0 Å². The van der Waals surface area contributed by atoms with E-state index in [9.17, 15) is 14.6 Å². The molecule has 9 heteroatoms. The lowest BCUT2D eigenvalue weighted by Gasteiger charge is -2.32. The van der Waals surface area contributed by atoms with Gasteiger partial charge in [-0.3, -0.25) is 14.3 Å². The van der Waals surface area contributed by atoms with Crippen molar-refractivity contribution in [2.75, 3.05) is 18.1 Å². The minimum atomic E-state index is -3.86.